The van der Waals surface area contributed by atoms with Gasteiger partial charge in [-0.2, -0.15) is 13.2 Å². The summed E-state index contributed by atoms with van der Waals surface area (Å²) in [5.41, 5.74) is 0.197. The Morgan fingerprint density at radius 1 is 1.07 bits per heavy atom. The maximum Gasteiger partial charge on any atom is 0.416 e. The Bertz CT molecular complexity index is 1380. The highest BCUT2D eigenvalue weighted by atomic mass is 19.4. The molecule has 2 N–H and O–H groups in total. The molecule has 0 bridgehead atoms. The third-order valence-electron chi connectivity index (χ3n) is 6.70. The molecule has 0 saturated heterocycles. The van der Waals surface area contributed by atoms with Gasteiger partial charge in [-0.3, -0.25) is 14.4 Å². The molecule has 1 heterocycles. The molecule has 13 heteroatoms. The third-order valence-corrected chi connectivity index (χ3v) is 6.70. The van der Waals surface area contributed by atoms with Crippen LogP contribution in [0.2, 0.25) is 0 Å². The summed E-state index contributed by atoms with van der Waals surface area (Å²) < 4.78 is 52.0. The predicted octanol–water partition coefficient (Wildman–Crippen LogP) is 5.61. The zero-order valence-corrected chi connectivity index (χ0v) is 21.8. The van der Waals surface area contributed by atoms with Gasteiger partial charge in [0.05, 0.1) is 25.0 Å². The molecule has 0 spiro atoms. The van der Waals surface area contributed by atoms with Crippen molar-refractivity contribution in [2.24, 2.45) is 5.92 Å². The van der Waals surface area contributed by atoms with Crippen molar-refractivity contribution < 1.29 is 41.5 Å². The summed E-state index contributed by atoms with van der Waals surface area (Å²) in [6, 6.07) is 8.85. The van der Waals surface area contributed by atoms with E-state index in [1.54, 1.807) is 12.1 Å². The second-order valence-electron chi connectivity index (χ2n) is 9.54. The van der Waals surface area contributed by atoms with E-state index in [1.807, 2.05) is 19.1 Å². The topological polar surface area (TPSA) is 129 Å². The van der Waals surface area contributed by atoms with Crippen LogP contribution in [0.15, 0.2) is 53.2 Å². The van der Waals surface area contributed by atoms with Gasteiger partial charge in [-0.25, -0.2) is 0 Å². The Labute approximate surface area is 227 Å². The number of alkyl halides is 3. The van der Waals surface area contributed by atoms with E-state index in [-0.39, 0.29) is 41.6 Å². The first kappa shape index (κ1) is 28.6. The first-order chi connectivity index (χ1) is 19.0. The van der Waals surface area contributed by atoms with Gasteiger partial charge in [0.2, 0.25) is 18.0 Å². The summed E-state index contributed by atoms with van der Waals surface area (Å²) in [6.07, 6.45) is -0.831. The van der Waals surface area contributed by atoms with E-state index >= 15 is 0 Å². The second-order valence-corrected chi connectivity index (χ2v) is 9.54. The molecule has 1 aliphatic rings. The van der Waals surface area contributed by atoms with Crippen LogP contribution in [0.25, 0.3) is 5.32 Å². The lowest BCUT2D eigenvalue weighted by Gasteiger charge is -2.21. The number of nitrogens with zero attached hydrogens (tertiary/aromatic N) is 3. The normalized spacial score (nSPS) is 17.1. The number of rotatable bonds is 7. The molecule has 0 aliphatic heterocycles. The minimum atomic E-state index is -4.73. The van der Waals surface area contributed by atoms with Crippen LogP contribution >= 0.6 is 0 Å². The number of ether oxygens (including phenoxy) is 1. The standard InChI is InChI=1S/C27H28F3N5O5/c1-16-5-3-4-6-18(16)11-23(36)31-20-12-19(27(28,29)30)13-21(14-20)32-26(38)33-24-15-35(34-40-24)22-9-7-17(8-10-22)25(37)39-2/h3-6,12-15,17,22H,7-11H2,1-2H3,(H2-,31,32,33,34,36,38). The molecule has 1 aromatic heterocycles. The molecule has 40 heavy (non-hydrogen) atoms. The van der Waals surface area contributed by atoms with Gasteiger partial charge in [0.25, 0.3) is 0 Å². The van der Waals surface area contributed by atoms with Crippen LogP contribution in [0.3, 0.4) is 0 Å². The lowest BCUT2D eigenvalue weighted by atomic mass is 9.86. The average molecular weight is 560 g/mol. The summed E-state index contributed by atoms with van der Waals surface area (Å²) in [7, 11) is 1.35. The minimum Gasteiger partial charge on any atom is -0.469 e. The Morgan fingerprint density at radius 2 is 1.75 bits per heavy atom. The average Bonchev–Trinajstić information content (AvgIpc) is 3.37. The Hall–Kier alpha value is -4.42. The number of halogens is 3. The zero-order chi connectivity index (χ0) is 28.9. The number of benzene rings is 2. The minimum absolute atomic E-state index is 0.0320. The van der Waals surface area contributed by atoms with E-state index in [4.69, 9.17) is 9.26 Å². The van der Waals surface area contributed by atoms with Gasteiger partial charge in [-0.15, -0.1) is 0 Å². The van der Waals surface area contributed by atoms with E-state index in [9.17, 15) is 27.6 Å². The van der Waals surface area contributed by atoms with Crippen molar-refractivity contribution in [1.29, 1.82) is 0 Å². The summed E-state index contributed by atoms with van der Waals surface area (Å²) >= 11 is 0. The highest BCUT2D eigenvalue weighted by Gasteiger charge is 2.34. The van der Waals surface area contributed by atoms with Crippen molar-refractivity contribution in [3.05, 3.63) is 70.7 Å². The fraction of sp³-hybridized carbons (Fsp3) is 0.370. The van der Waals surface area contributed by atoms with Gasteiger partial charge < -0.3 is 25.2 Å². The van der Waals surface area contributed by atoms with Crippen molar-refractivity contribution in [3.8, 4) is 0 Å². The maximum atomic E-state index is 13.5. The van der Waals surface area contributed by atoms with Crippen LogP contribution in [0.1, 0.15) is 48.4 Å². The maximum absolute atomic E-state index is 13.5. The van der Waals surface area contributed by atoms with Gasteiger partial charge in [0.1, 0.15) is 0 Å². The summed E-state index contributed by atoms with van der Waals surface area (Å²) in [6.45, 7) is 1.83. The summed E-state index contributed by atoms with van der Waals surface area (Å²) in [4.78, 5) is 36.7. The SMILES string of the molecule is COC(=O)C1CCC([n+]2cc([N-]C(=O)Nc3cc(NC(=O)Cc4ccccc4C)cc(C(F)(F)F)c3)on2)CC1. The Kier molecular flexibility index (Phi) is 8.70. The van der Waals surface area contributed by atoms with E-state index in [2.05, 4.69) is 21.2 Å². The molecule has 1 saturated carbocycles. The molecular weight excluding hydrogens is 531 g/mol. The smallest absolute Gasteiger partial charge is 0.416 e. The number of amides is 3. The number of methoxy groups -OCH3 is 1. The molecule has 0 atom stereocenters. The summed E-state index contributed by atoms with van der Waals surface area (Å²) in [5.74, 6) is -1.08. The lowest BCUT2D eigenvalue weighted by Crippen LogP contribution is -2.43. The number of carbonyl (C=O) groups is 3. The molecule has 1 fully saturated rings. The van der Waals surface area contributed by atoms with Crippen molar-refractivity contribution in [3.63, 3.8) is 0 Å². The van der Waals surface area contributed by atoms with Gasteiger partial charge in [-0.1, -0.05) is 28.9 Å². The number of aryl methyl sites for hydroxylation is 1. The number of aromatic nitrogens is 2. The molecule has 3 aromatic rings. The fourth-order valence-corrected chi connectivity index (χ4v) is 4.59. The highest BCUT2D eigenvalue weighted by molar-refractivity contribution is 6.04. The number of nitrogens with one attached hydrogen (secondary N) is 2. The molecule has 0 radical (unpaired) electrons. The number of urea groups is 1. The molecule has 3 amide bonds. The first-order valence-electron chi connectivity index (χ1n) is 12.6. The summed E-state index contributed by atoms with van der Waals surface area (Å²) in [5, 5.41) is 12.4. The number of carbonyl (C=O) groups excluding carboxylic acids is 3. The van der Waals surface area contributed by atoms with Crippen LogP contribution in [0.4, 0.5) is 35.2 Å². The van der Waals surface area contributed by atoms with Gasteiger partial charge >= 0.3 is 12.1 Å². The monoisotopic (exact) mass is 559 g/mol. The van der Waals surface area contributed by atoms with E-state index in [0.29, 0.717) is 25.7 Å². The van der Waals surface area contributed by atoms with Crippen LogP contribution in [-0.2, 0) is 26.9 Å². The van der Waals surface area contributed by atoms with Gasteiger partial charge in [0.15, 0.2) is 17.3 Å². The number of esters is 1. The van der Waals surface area contributed by atoms with Crippen molar-refractivity contribution >= 4 is 35.2 Å². The van der Waals surface area contributed by atoms with E-state index in [0.717, 1.165) is 23.3 Å². The molecule has 1 aliphatic carbocycles. The van der Waals surface area contributed by atoms with Gasteiger partial charge in [0, 0.05) is 18.5 Å². The molecule has 10 nitrogen and oxygen atoms in total. The molecule has 2 aromatic carbocycles. The number of hydrogen-bond acceptors (Lipinski definition) is 6. The van der Waals surface area contributed by atoms with Crippen LogP contribution in [0.5, 0.6) is 0 Å². The lowest BCUT2D eigenvalue weighted by molar-refractivity contribution is -0.787. The quantitative estimate of drug-likeness (QED) is 0.286. The highest BCUT2D eigenvalue weighted by Crippen LogP contribution is 2.34. The molecule has 212 valence electrons. The zero-order valence-electron chi connectivity index (χ0n) is 21.8. The predicted molar refractivity (Wildman–Crippen MR) is 137 cm³/mol. The van der Waals surface area contributed by atoms with Crippen molar-refractivity contribution in [1.82, 2.24) is 5.27 Å². The van der Waals surface area contributed by atoms with E-state index < -0.39 is 23.7 Å². The molecular formula is C27H28F3N5O5. The number of hydrogen-bond donors (Lipinski definition) is 2. The second kappa shape index (κ2) is 12.2. The molecule has 0 unspecified atom stereocenters. The van der Waals surface area contributed by atoms with E-state index in [1.165, 1.54) is 24.1 Å². The van der Waals surface area contributed by atoms with Crippen LogP contribution < -0.4 is 15.3 Å². The molecule has 4 rings (SSSR count). The van der Waals surface area contributed by atoms with Crippen LogP contribution in [-0.4, -0.2) is 30.3 Å². The third kappa shape index (κ3) is 7.36. The van der Waals surface area contributed by atoms with Crippen molar-refractivity contribution in [2.45, 2.75) is 51.2 Å². The van der Waals surface area contributed by atoms with Crippen molar-refractivity contribution in [2.75, 3.05) is 17.7 Å². The Morgan fingerprint density at radius 3 is 2.40 bits per heavy atom. The number of anilines is 2. The largest absolute Gasteiger partial charge is 0.469 e. The van der Waals surface area contributed by atoms with Gasteiger partial charge in [-0.05, 0) is 54.8 Å². The Balaban J connectivity index is 1.40. The fourth-order valence-electron chi connectivity index (χ4n) is 4.59. The first-order valence-corrected chi connectivity index (χ1v) is 12.6. The van der Waals surface area contributed by atoms with Crippen LogP contribution in [0, 0.1) is 12.8 Å².